The number of hydrogen-bond acceptors (Lipinski definition) is 8. The lowest BCUT2D eigenvalue weighted by Crippen LogP contribution is -2.29. The van der Waals surface area contributed by atoms with Crippen LogP contribution in [0.15, 0.2) is 36.5 Å². The third-order valence-corrected chi connectivity index (χ3v) is 12.5. The van der Waals surface area contributed by atoms with Crippen molar-refractivity contribution in [1.29, 1.82) is 0 Å². The Balaban J connectivity index is 4.07. The molecule has 0 amide bonds. The van der Waals surface area contributed by atoms with Gasteiger partial charge in [-0.2, -0.15) is 0 Å². The highest BCUT2D eigenvalue weighted by molar-refractivity contribution is 7.47. The predicted molar refractivity (Wildman–Crippen MR) is 265 cm³/mol. The first-order valence-corrected chi connectivity index (χ1v) is 28.0. The summed E-state index contributed by atoms with van der Waals surface area (Å²) in [6.45, 7) is 3.53. The largest absolute Gasteiger partial charge is 0.472 e. The van der Waals surface area contributed by atoms with Crippen molar-refractivity contribution in [3.8, 4) is 0 Å². The topological polar surface area (TPSA) is 132 Å². The Labute approximate surface area is 388 Å². The number of phosphoric ester groups is 1. The first-order chi connectivity index (χ1) is 30.8. The van der Waals surface area contributed by atoms with Crippen molar-refractivity contribution in [1.82, 2.24) is 0 Å². The number of hydrogen-bond donors (Lipinski definition) is 3. The number of carbonyl (C=O) groups excluding carboxylic acids is 1. The Kier molecular flexibility index (Phi) is 49.1. The Morgan fingerprint density at radius 3 is 1.29 bits per heavy atom. The molecule has 63 heavy (non-hydrogen) atoms. The Hall–Kier alpha value is -1.32. The summed E-state index contributed by atoms with van der Waals surface area (Å²) in [5, 5.41) is 18.4. The highest BCUT2D eigenvalue weighted by Crippen LogP contribution is 2.43. The molecule has 0 aliphatic carbocycles. The van der Waals surface area contributed by atoms with Gasteiger partial charge >= 0.3 is 13.8 Å². The summed E-state index contributed by atoms with van der Waals surface area (Å²) in [5.41, 5.74) is 0. The predicted octanol–water partition coefficient (Wildman–Crippen LogP) is 15.5. The zero-order chi connectivity index (χ0) is 46.0. The van der Waals surface area contributed by atoms with Crippen molar-refractivity contribution >= 4 is 13.8 Å². The second-order valence-corrected chi connectivity index (χ2v) is 19.4. The standard InChI is InChI=1S/C53H101O9P/c1-3-5-7-9-11-13-15-17-19-21-23-25-26-28-30-32-34-36-38-40-42-44-46-59-49-52(50-61-63(57,58)60-48-51(55)47-54)62-53(56)45-43-41-39-37-35-33-31-29-27-24-22-20-18-16-14-12-10-8-6-4-2/h15,17,21,23,26,28,51-52,54-55H,3-14,16,18-20,22,24-25,27,29-50H2,1-2H3,(H,57,58)/b17-15-,23-21-,28-26-. The number of aliphatic hydroxyl groups is 2. The molecule has 0 aromatic heterocycles. The van der Waals surface area contributed by atoms with Gasteiger partial charge in [-0.05, 0) is 51.4 Å². The highest BCUT2D eigenvalue weighted by atomic mass is 31.2. The minimum atomic E-state index is -4.53. The van der Waals surface area contributed by atoms with E-state index in [1.807, 2.05) is 0 Å². The van der Waals surface area contributed by atoms with E-state index in [4.69, 9.17) is 23.6 Å². The lowest BCUT2D eigenvalue weighted by atomic mass is 10.0. The lowest BCUT2D eigenvalue weighted by Gasteiger charge is -2.20. The normalized spacial score (nSPS) is 14.0. The second kappa shape index (κ2) is 50.1. The molecule has 0 aromatic carbocycles. The van der Waals surface area contributed by atoms with Crippen molar-refractivity contribution < 1.29 is 43.0 Å². The molecule has 0 aromatic rings. The summed E-state index contributed by atoms with van der Waals surface area (Å²) in [6.07, 6.45) is 56.8. The van der Waals surface area contributed by atoms with Gasteiger partial charge in [-0.1, -0.05) is 230 Å². The van der Waals surface area contributed by atoms with E-state index in [9.17, 15) is 19.4 Å². The van der Waals surface area contributed by atoms with Crippen molar-refractivity contribution in [2.45, 2.75) is 264 Å². The molecular formula is C53H101O9P. The molecule has 3 unspecified atom stereocenters. The van der Waals surface area contributed by atoms with Crippen molar-refractivity contribution in [3.63, 3.8) is 0 Å². The van der Waals surface area contributed by atoms with Crippen LogP contribution in [0.4, 0.5) is 0 Å². The third kappa shape index (κ3) is 49.9. The number of unbranched alkanes of at least 4 members (excludes halogenated alkanes) is 31. The molecular weight excluding hydrogens is 812 g/mol. The van der Waals surface area contributed by atoms with Gasteiger partial charge in [0.15, 0.2) is 0 Å². The Morgan fingerprint density at radius 2 is 0.857 bits per heavy atom. The van der Waals surface area contributed by atoms with Crippen LogP contribution in [0.3, 0.4) is 0 Å². The SMILES string of the molecule is CCCCCCC/C=C\C/C=C\C/C=C\CCCCCCCCCOCC(COP(=O)(O)OCC(O)CO)OC(=O)CCCCCCCCCCCCCCCCCCCCCC. The van der Waals surface area contributed by atoms with Crippen molar-refractivity contribution in [3.05, 3.63) is 36.5 Å². The number of esters is 1. The molecule has 0 saturated heterocycles. The number of ether oxygens (including phenoxy) is 2. The molecule has 0 saturated carbocycles. The van der Waals surface area contributed by atoms with Gasteiger partial charge in [0.2, 0.25) is 0 Å². The van der Waals surface area contributed by atoms with Crippen LogP contribution in [-0.2, 0) is 27.9 Å². The Bertz CT molecular complexity index is 1080. The van der Waals surface area contributed by atoms with Crippen LogP contribution >= 0.6 is 7.82 Å². The first-order valence-electron chi connectivity index (χ1n) is 26.5. The van der Waals surface area contributed by atoms with E-state index in [1.54, 1.807) is 0 Å². The average molecular weight is 913 g/mol. The van der Waals surface area contributed by atoms with E-state index in [1.165, 1.54) is 173 Å². The van der Waals surface area contributed by atoms with Gasteiger partial charge in [-0.3, -0.25) is 13.8 Å². The van der Waals surface area contributed by atoms with E-state index in [2.05, 4.69) is 50.3 Å². The van der Waals surface area contributed by atoms with Gasteiger partial charge in [0, 0.05) is 13.0 Å². The number of allylic oxidation sites excluding steroid dienone is 6. The summed E-state index contributed by atoms with van der Waals surface area (Å²) < 4.78 is 33.6. The lowest BCUT2D eigenvalue weighted by molar-refractivity contribution is -0.154. The van der Waals surface area contributed by atoms with Crippen molar-refractivity contribution in [2.75, 3.05) is 33.0 Å². The maximum Gasteiger partial charge on any atom is 0.472 e. The maximum atomic E-state index is 12.7. The minimum Gasteiger partial charge on any atom is -0.457 e. The average Bonchev–Trinajstić information content (AvgIpc) is 3.28. The number of aliphatic hydroxyl groups excluding tert-OH is 2. The number of rotatable bonds is 51. The molecule has 0 bridgehead atoms. The van der Waals surface area contributed by atoms with Crippen LogP contribution in [0.1, 0.15) is 251 Å². The van der Waals surface area contributed by atoms with Crippen LogP contribution in [0.2, 0.25) is 0 Å². The van der Waals surface area contributed by atoms with Crippen LogP contribution in [-0.4, -0.2) is 66.3 Å². The zero-order valence-electron chi connectivity index (χ0n) is 41.1. The van der Waals surface area contributed by atoms with Gasteiger partial charge < -0.3 is 24.6 Å². The van der Waals surface area contributed by atoms with E-state index < -0.39 is 33.2 Å². The van der Waals surface area contributed by atoms with Crippen molar-refractivity contribution in [2.24, 2.45) is 0 Å². The van der Waals surface area contributed by atoms with E-state index >= 15 is 0 Å². The fraction of sp³-hybridized carbons (Fsp3) is 0.868. The van der Waals surface area contributed by atoms with Gasteiger partial charge in [-0.25, -0.2) is 4.57 Å². The monoisotopic (exact) mass is 913 g/mol. The molecule has 3 N–H and O–H groups in total. The molecule has 10 heteroatoms. The molecule has 0 aliphatic heterocycles. The second-order valence-electron chi connectivity index (χ2n) is 17.9. The number of carbonyl (C=O) groups is 1. The van der Waals surface area contributed by atoms with E-state index in [-0.39, 0.29) is 25.6 Å². The smallest absolute Gasteiger partial charge is 0.457 e. The zero-order valence-corrected chi connectivity index (χ0v) is 42.0. The molecule has 0 rings (SSSR count). The van der Waals surface area contributed by atoms with E-state index in [0.717, 1.165) is 57.8 Å². The molecule has 9 nitrogen and oxygen atoms in total. The molecule has 0 heterocycles. The maximum absolute atomic E-state index is 12.7. The Morgan fingerprint density at radius 1 is 0.492 bits per heavy atom. The number of phosphoric acid groups is 1. The summed E-state index contributed by atoms with van der Waals surface area (Å²) >= 11 is 0. The molecule has 0 spiro atoms. The third-order valence-electron chi connectivity index (χ3n) is 11.6. The van der Waals surface area contributed by atoms with Crippen LogP contribution in [0, 0.1) is 0 Å². The summed E-state index contributed by atoms with van der Waals surface area (Å²) in [6, 6.07) is 0. The first kappa shape index (κ1) is 61.7. The van der Waals surface area contributed by atoms with Crippen LogP contribution in [0.5, 0.6) is 0 Å². The fourth-order valence-electron chi connectivity index (χ4n) is 7.54. The minimum absolute atomic E-state index is 0.0455. The van der Waals surface area contributed by atoms with Crippen LogP contribution in [0.25, 0.3) is 0 Å². The van der Waals surface area contributed by atoms with Gasteiger partial charge in [0.25, 0.3) is 0 Å². The molecule has 0 radical (unpaired) electrons. The van der Waals surface area contributed by atoms with Gasteiger partial charge in [0.05, 0.1) is 26.4 Å². The molecule has 3 atom stereocenters. The summed E-state index contributed by atoms with van der Waals surface area (Å²) in [7, 11) is -4.53. The van der Waals surface area contributed by atoms with Crippen LogP contribution < -0.4 is 0 Å². The summed E-state index contributed by atoms with van der Waals surface area (Å²) in [5.74, 6) is -0.381. The highest BCUT2D eigenvalue weighted by Gasteiger charge is 2.26. The van der Waals surface area contributed by atoms with Gasteiger partial charge in [-0.15, -0.1) is 0 Å². The molecule has 0 fully saturated rings. The molecule has 372 valence electrons. The van der Waals surface area contributed by atoms with Gasteiger partial charge in [0.1, 0.15) is 12.2 Å². The fourth-order valence-corrected chi connectivity index (χ4v) is 8.33. The molecule has 0 aliphatic rings. The summed E-state index contributed by atoms with van der Waals surface area (Å²) in [4.78, 5) is 22.7. The quantitative estimate of drug-likeness (QED) is 0.0236. The van der Waals surface area contributed by atoms with E-state index in [0.29, 0.717) is 6.61 Å².